The van der Waals surface area contributed by atoms with Gasteiger partial charge in [0.25, 0.3) is 5.56 Å². The Hall–Kier alpha value is -2.59. The Balaban J connectivity index is 1.31. The molecule has 2 aromatic heterocycles. The van der Waals surface area contributed by atoms with Crippen molar-refractivity contribution in [3.05, 3.63) is 40.1 Å². The molecule has 0 saturated carbocycles. The molecule has 188 valence electrons. The maximum absolute atomic E-state index is 13.0. The van der Waals surface area contributed by atoms with Gasteiger partial charge in [-0.1, -0.05) is 11.9 Å². The SMILES string of the molecule is O=c1[nH]ncc(NCCOCCSN2CCN(c3ncc(C(F)(F)F)cn3)CC2)c1C(F)(F)F. The molecule has 0 aromatic carbocycles. The molecule has 0 atom stereocenters. The van der Waals surface area contributed by atoms with E-state index in [2.05, 4.69) is 24.7 Å². The average molecular weight is 513 g/mol. The molecule has 3 heterocycles. The van der Waals surface area contributed by atoms with Crippen molar-refractivity contribution in [1.29, 1.82) is 0 Å². The molecule has 0 spiro atoms. The van der Waals surface area contributed by atoms with Crippen molar-refractivity contribution in [2.75, 3.05) is 61.9 Å². The lowest BCUT2D eigenvalue weighted by molar-refractivity contribution is -0.139. The van der Waals surface area contributed by atoms with E-state index in [0.717, 1.165) is 18.6 Å². The Morgan fingerprint density at radius 1 is 1.00 bits per heavy atom. The number of aromatic nitrogens is 4. The minimum Gasteiger partial charge on any atom is -0.381 e. The number of nitrogens with one attached hydrogen (secondary N) is 2. The van der Waals surface area contributed by atoms with Gasteiger partial charge in [-0.05, 0) is 0 Å². The van der Waals surface area contributed by atoms with E-state index in [-0.39, 0.29) is 19.1 Å². The molecule has 0 amide bonds. The van der Waals surface area contributed by atoms with Crippen LogP contribution in [0.5, 0.6) is 0 Å². The van der Waals surface area contributed by atoms with Gasteiger partial charge in [0.05, 0.1) is 30.7 Å². The Morgan fingerprint density at radius 2 is 1.68 bits per heavy atom. The lowest BCUT2D eigenvalue weighted by Gasteiger charge is -2.33. The summed E-state index contributed by atoms with van der Waals surface area (Å²) in [4.78, 5) is 20.8. The zero-order chi connectivity index (χ0) is 24.8. The summed E-state index contributed by atoms with van der Waals surface area (Å²) in [5.41, 5.74) is -3.96. The Kier molecular flexibility index (Phi) is 8.59. The topological polar surface area (TPSA) is 99.3 Å². The number of halogens is 6. The number of anilines is 2. The van der Waals surface area contributed by atoms with Crippen molar-refractivity contribution >= 4 is 23.6 Å². The van der Waals surface area contributed by atoms with Crippen molar-refractivity contribution in [3.8, 4) is 0 Å². The Morgan fingerprint density at radius 3 is 2.29 bits per heavy atom. The molecular formula is C18H21F6N7O2S. The number of piperazine rings is 1. The quantitative estimate of drug-likeness (QED) is 0.298. The summed E-state index contributed by atoms with van der Waals surface area (Å²) in [7, 11) is 0. The van der Waals surface area contributed by atoms with E-state index in [1.54, 1.807) is 10.00 Å². The van der Waals surface area contributed by atoms with Crippen LogP contribution in [0.1, 0.15) is 11.1 Å². The van der Waals surface area contributed by atoms with Crippen LogP contribution in [0.3, 0.4) is 0 Å². The maximum atomic E-state index is 13.0. The van der Waals surface area contributed by atoms with Gasteiger partial charge in [0.15, 0.2) is 0 Å². The van der Waals surface area contributed by atoms with E-state index in [1.165, 1.54) is 11.9 Å². The van der Waals surface area contributed by atoms with Crippen molar-refractivity contribution in [2.24, 2.45) is 0 Å². The molecule has 9 nitrogen and oxygen atoms in total. The second-order valence-corrected chi connectivity index (χ2v) is 8.23. The molecule has 3 rings (SSSR count). The predicted octanol–water partition coefficient (Wildman–Crippen LogP) is 2.50. The number of rotatable bonds is 9. The fraction of sp³-hybridized carbons (Fsp3) is 0.556. The second kappa shape index (κ2) is 11.2. The summed E-state index contributed by atoms with van der Waals surface area (Å²) < 4.78 is 84.2. The summed E-state index contributed by atoms with van der Waals surface area (Å²) in [5, 5.41) is 7.64. The first-order valence-corrected chi connectivity index (χ1v) is 11.0. The molecule has 2 aromatic rings. The first-order chi connectivity index (χ1) is 16.1. The average Bonchev–Trinajstić information content (AvgIpc) is 2.77. The van der Waals surface area contributed by atoms with Crippen LogP contribution >= 0.6 is 11.9 Å². The highest BCUT2D eigenvalue weighted by Crippen LogP contribution is 2.31. The van der Waals surface area contributed by atoms with Gasteiger partial charge in [0.2, 0.25) is 5.95 Å². The Labute approximate surface area is 194 Å². The highest BCUT2D eigenvalue weighted by atomic mass is 32.2. The van der Waals surface area contributed by atoms with E-state index in [4.69, 9.17) is 4.74 Å². The van der Waals surface area contributed by atoms with Gasteiger partial charge >= 0.3 is 12.4 Å². The van der Waals surface area contributed by atoms with Gasteiger partial charge in [-0.2, -0.15) is 31.4 Å². The molecule has 1 aliphatic heterocycles. The maximum Gasteiger partial charge on any atom is 0.423 e. The molecule has 0 aliphatic carbocycles. The number of alkyl halides is 6. The second-order valence-electron chi connectivity index (χ2n) is 7.04. The van der Waals surface area contributed by atoms with Gasteiger partial charge in [-0.25, -0.2) is 19.4 Å². The van der Waals surface area contributed by atoms with Gasteiger partial charge in [-0.15, -0.1) is 0 Å². The van der Waals surface area contributed by atoms with Crippen LogP contribution in [0.15, 0.2) is 23.4 Å². The minimum atomic E-state index is -4.81. The van der Waals surface area contributed by atoms with E-state index in [0.29, 0.717) is 38.5 Å². The smallest absolute Gasteiger partial charge is 0.381 e. The Bertz CT molecular complexity index is 978. The summed E-state index contributed by atoms with van der Waals surface area (Å²) in [6.07, 6.45) is -6.84. The summed E-state index contributed by atoms with van der Waals surface area (Å²) in [6, 6.07) is 0. The van der Waals surface area contributed by atoms with Crippen molar-refractivity contribution in [3.63, 3.8) is 0 Å². The number of H-pyrrole nitrogens is 1. The van der Waals surface area contributed by atoms with E-state index in [9.17, 15) is 31.1 Å². The number of hydrogen-bond acceptors (Lipinski definition) is 9. The third kappa shape index (κ3) is 7.20. The van der Waals surface area contributed by atoms with Crippen LogP contribution in [0.2, 0.25) is 0 Å². The normalized spacial score (nSPS) is 15.5. The molecule has 1 saturated heterocycles. The van der Waals surface area contributed by atoms with Crippen LogP contribution in [-0.4, -0.2) is 76.2 Å². The van der Waals surface area contributed by atoms with Crippen molar-refractivity contribution < 1.29 is 31.1 Å². The fourth-order valence-electron chi connectivity index (χ4n) is 3.05. The molecule has 0 radical (unpaired) electrons. The molecule has 1 fully saturated rings. The monoisotopic (exact) mass is 513 g/mol. The molecule has 2 N–H and O–H groups in total. The van der Waals surface area contributed by atoms with E-state index < -0.39 is 34.7 Å². The highest BCUT2D eigenvalue weighted by Gasteiger charge is 2.37. The lowest BCUT2D eigenvalue weighted by Crippen LogP contribution is -2.44. The molecule has 1 aliphatic rings. The van der Waals surface area contributed by atoms with Crippen LogP contribution in [-0.2, 0) is 17.1 Å². The first-order valence-electron chi connectivity index (χ1n) is 10.0. The minimum absolute atomic E-state index is 0.0602. The molecule has 0 bridgehead atoms. The lowest BCUT2D eigenvalue weighted by atomic mass is 10.2. The fourth-order valence-corrected chi connectivity index (χ4v) is 3.92. The molecule has 16 heteroatoms. The third-order valence-corrected chi connectivity index (χ3v) is 5.77. The zero-order valence-electron chi connectivity index (χ0n) is 17.6. The van der Waals surface area contributed by atoms with Gasteiger partial charge in [0, 0.05) is 50.9 Å². The molecule has 34 heavy (non-hydrogen) atoms. The van der Waals surface area contributed by atoms with Gasteiger partial charge < -0.3 is 15.0 Å². The van der Waals surface area contributed by atoms with Crippen molar-refractivity contribution in [1.82, 2.24) is 24.5 Å². The van der Waals surface area contributed by atoms with E-state index >= 15 is 0 Å². The number of hydrogen-bond donors (Lipinski definition) is 2. The third-order valence-electron chi connectivity index (χ3n) is 4.69. The number of nitrogens with zero attached hydrogens (tertiary/aromatic N) is 5. The van der Waals surface area contributed by atoms with Crippen LogP contribution in [0.25, 0.3) is 0 Å². The van der Waals surface area contributed by atoms with Crippen molar-refractivity contribution in [2.45, 2.75) is 12.4 Å². The number of aromatic amines is 1. The number of ether oxygens (including phenoxy) is 1. The van der Waals surface area contributed by atoms with E-state index in [1.807, 2.05) is 0 Å². The summed E-state index contributed by atoms with van der Waals surface area (Å²) in [6.45, 7) is 2.94. The van der Waals surface area contributed by atoms with Gasteiger partial charge in [-0.3, -0.25) is 4.79 Å². The summed E-state index contributed by atoms with van der Waals surface area (Å²) in [5.74, 6) is 0.856. The highest BCUT2D eigenvalue weighted by molar-refractivity contribution is 7.97. The van der Waals surface area contributed by atoms with Gasteiger partial charge in [0.1, 0.15) is 5.56 Å². The molecular weight excluding hydrogens is 492 g/mol. The standard InChI is InChI=1S/C18H21F6N7O2S/c19-17(20,21)12-9-26-16(27-10-12)30-2-4-31(5-3-30)34-8-7-33-6-1-25-13-11-28-29-15(32)14(13)18(22,23)24/h9-11H,1-8H2,(H2,25,29,32). The summed E-state index contributed by atoms with van der Waals surface area (Å²) >= 11 is 1.53. The molecule has 0 unspecified atom stereocenters. The van der Waals surface area contributed by atoms with Crippen LogP contribution < -0.4 is 15.8 Å². The van der Waals surface area contributed by atoms with Crippen LogP contribution in [0.4, 0.5) is 38.0 Å². The zero-order valence-corrected chi connectivity index (χ0v) is 18.4. The van der Waals surface area contributed by atoms with Crippen LogP contribution in [0, 0.1) is 0 Å². The first kappa shape index (κ1) is 26.0. The predicted molar refractivity (Wildman–Crippen MR) is 112 cm³/mol. The largest absolute Gasteiger partial charge is 0.423 e.